The summed E-state index contributed by atoms with van der Waals surface area (Å²) < 4.78 is 0. The molecule has 8 heteroatoms. The number of halogens is 1. The number of nitrogens with one attached hydrogen (secondary N) is 1. The molecule has 1 aliphatic carbocycles. The molecule has 1 aromatic heterocycles. The molecule has 2 N–H and O–H groups in total. The lowest BCUT2D eigenvalue weighted by Crippen LogP contribution is -2.28. The number of aromatic carboxylic acids is 1. The third kappa shape index (κ3) is 5.43. The van der Waals surface area contributed by atoms with Crippen molar-refractivity contribution >= 4 is 40.9 Å². The Hall–Kier alpha value is -2.56. The molecule has 1 amide bonds. The number of hydrogen-bond donors (Lipinski definition) is 2. The molecule has 0 saturated carbocycles. The van der Waals surface area contributed by atoms with E-state index in [-0.39, 0.29) is 27.6 Å². The summed E-state index contributed by atoms with van der Waals surface area (Å²) in [5.41, 5.74) is 3.04. The van der Waals surface area contributed by atoms with Gasteiger partial charge in [0, 0.05) is 5.69 Å². The van der Waals surface area contributed by atoms with Gasteiger partial charge in [0.2, 0.25) is 5.91 Å². The van der Waals surface area contributed by atoms with Crippen molar-refractivity contribution in [1.29, 1.82) is 5.26 Å². The molecule has 1 heterocycles. The molecule has 32 heavy (non-hydrogen) atoms. The van der Waals surface area contributed by atoms with E-state index >= 15 is 0 Å². The van der Waals surface area contributed by atoms with E-state index in [1.54, 1.807) is 6.92 Å². The van der Waals surface area contributed by atoms with Crippen LogP contribution in [0.5, 0.6) is 0 Å². The highest BCUT2D eigenvalue weighted by atomic mass is 35.5. The van der Waals surface area contributed by atoms with E-state index in [4.69, 9.17) is 21.7 Å². The zero-order chi connectivity index (χ0) is 23.6. The molecule has 2 aromatic rings. The van der Waals surface area contributed by atoms with Crippen LogP contribution in [0.1, 0.15) is 61.3 Å². The number of carbonyl (C=O) groups excluding carboxylic acids is 1. The minimum Gasteiger partial charge on any atom is -0.478 e. The predicted molar refractivity (Wildman–Crippen MR) is 126 cm³/mol. The SMILES string of the molecule is CC(Sc1nc2c(cc1C#N)CC(C(C)(C)C)CC2)C(=O)Nc1cc(C(=O)O)ccc1Cl. The standard InChI is InChI=1S/C24H26ClN3O3S/c1-13(21(29)27-20-11-14(23(30)31)5-7-18(20)25)32-22-16(12-26)9-15-10-17(24(2,3)4)6-8-19(15)28-22/h5,7,9,11,13,17H,6,8,10H2,1-4H3,(H,27,29)(H,30,31). The maximum atomic E-state index is 12.7. The first kappa shape index (κ1) is 24.1. The first-order chi connectivity index (χ1) is 15.0. The van der Waals surface area contributed by atoms with Crippen LogP contribution in [0.4, 0.5) is 5.69 Å². The monoisotopic (exact) mass is 471 g/mol. The molecule has 0 radical (unpaired) electrons. The van der Waals surface area contributed by atoms with Gasteiger partial charge in [-0.25, -0.2) is 9.78 Å². The first-order valence-electron chi connectivity index (χ1n) is 10.4. The van der Waals surface area contributed by atoms with Gasteiger partial charge < -0.3 is 10.4 Å². The largest absolute Gasteiger partial charge is 0.478 e. The number of carboxylic acids is 1. The van der Waals surface area contributed by atoms with Gasteiger partial charge in [0.1, 0.15) is 11.1 Å². The number of hydrogen-bond acceptors (Lipinski definition) is 5. The van der Waals surface area contributed by atoms with Crippen LogP contribution in [0, 0.1) is 22.7 Å². The summed E-state index contributed by atoms with van der Waals surface area (Å²) in [5.74, 6) is -0.918. The highest BCUT2D eigenvalue weighted by molar-refractivity contribution is 8.00. The molecule has 6 nitrogen and oxygen atoms in total. The molecule has 1 aromatic carbocycles. The smallest absolute Gasteiger partial charge is 0.335 e. The number of amides is 1. The van der Waals surface area contributed by atoms with E-state index in [0.717, 1.165) is 30.5 Å². The number of aromatic nitrogens is 1. The highest BCUT2D eigenvalue weighted by Gasteiger charge is 2.30. The van der Waals surface area contributed by atoms with Crippen molar-refractivity contribution in [2.75, 3.05) is 5.32 Å². The lowest BCUT2D eigenvalue weighted by Gasteiger charge is -2.34. The number of nitriles is 1. The first-order valence-corrected chi connectivity index (χ1v) is 11.7. The van der Waals surface area contributed by atoms with Crippen LogP contribution in [-0.2, 0) is 17.6 Å². The van der Waals surface area contributed by atoms with Gasteiger partial charge in [0.15, 0.2) is 0 Å². The third-order valence-corrected chi connectivity index (χ3v) is 7.26. The molecule has 2 atom stereocenters. The zero-order valence-electron chi connectivity index (χ0n) is 18.5. The number of carboxylic acid groups (broad SMARTS) is 1. The van der Waals surface area contributed by atoms with Crippen molar-refractivity contribution < 1.29 is 14.7 Å². The number of thioether (sulfide) groups is 1. The van der Waals surface area contributed by atoms with Crippen molar-refractivity contribution in [2.24, 2.45) is 11.3 Å². The summed E-state index contributed by atoms with van der Waals surface area (Å²) >= 11 is 7.32. The average Bonchev–Trinajstić information content (AvgIpc) is 2.73. The van der Waals surface area contributed by atoms with E-state index in [1.807, 2.05) is 6.07 Å². The normalized spacial score (nSPS) is 16.6. The summed E-state index contributed by atoms with van der Waals surface area (Å²) in [6.07, 6.45) is 2.81. The summed E-state index contributed by atoms with van der Waals surface area (Å²) in [4.78, 5) is 28.7. The summed E-state index contributed by atoms with van der Waals surface area (Å²) in [7, 11) is 0. The van der Waals surface area contributed by atoms with Gasteiger partial charge in [-0.05, 0) is 67.3 Å². The summed E-state index contributed by atoms with van der Waals surface area (Å²) in [6, 6.07) is 8.27. The van der Waals surface area contributed by atoms with E-state index in [9.17, 15) is 14.9 Å². The minimum absolute atomic E-state index is 0.0293. The Balaban J connectivity index is 1.77. The molecular weight excluding hydrogens is 446 g/mol. The number of carbonyl (C=O) groups is 2. The fourth-order valence-electron chi connectivity index (χ4n) is 3.76. The molecule has 168 valence electrons. The molecule has 0 saturated heterocycles. The van der Waals surface area contributed by atoms with E-state index in [2.05, 4.69) is 32.2 Å². The van der Waals surface area contributed by atoms with Gasteiger partial charge in [-0.2, -0.15) is 5.26 Å². The van der Waals surface area contributed by atoms with Crippen LogP contribution < -0.4 is 5.32 Å². The van der Waals surface area contributed by atoms with Crippen LogP contribution in [0.15, 0.2) is 29.3 Å². The van der Waals surface area contributed by atoms with Gasteiger partial charge in [-0.15, -0.1) is 0 Å². The predicted octanol–water partition coefficient (Wildman–Crippen LogP) is 5.58. The number of rotatable bonds is 5. The lowest BCUT2D eigenvalue weighted by molar-refractivity contribution is -0.115. The second-order valence-corrected chi connectivity index (χ2v) is 10.9. The van der Waals surface area contributed by atoms with Crippen molar-refractivity contribution in [3.8, 4) is 6.07 Å². The lowest BCUT2D eigenvalue weighted by atomic mass is 9.71. The zero-order valence-corrected chi connectivity index (χ0v) is 20.1. The molecule has 3 rings (SSSR count). The van der Waals surface area contributed by atoms with Gasteiger partial charge in [0.25, 0.3) is 0 Å². The van der Waals surface area contributed by atoms with Crippen LogP contribution in [0.3, 0.4) is 0 Å². The molecule has 0 fully saturated rings. The Morgan fingerprint density at radius 3 is 2.69 bits per heavy atom. The molecular formula is C24H26ClN3O3S. The summed E-state index contributed by atoms with van der Waals surface area (Å²) in [5, 5.41) is 21.7. The van der Waals surface area contributed by atoms with Crippen LogP contribution in [-0.4, -0.2) is 27.2 Å². The van der Waals surface area contributed by atoms with Gasteiger partial charge in [0.05, 0.1) is 27.1 Å². The number of aryl methyl sites for hydroxylation is 1. The van der Waals surface area contributed by atoms with E-state index in [0.29, 0.717) is 16.5 Å². The number of anilines is 1. The fraction of sp³-hybridized carbons (Fsp3) is 0.417. The second-order valence-electron chi connectivity index (χ2n) is 9.11. The summed E-state index contributed by atoms with van der Waals surface area (Å²) in [6.45, 7) is 8.44. The second kappa shape index (κ2) is 9.51. The Labute approximate surface area is 197 Å². The fourth-order valence-corrected chi connectivity index (χ4v) is 4.82. The minimum atomic E-state index is -1.11. The van der Waals surface area contributed by atoms with Gasteiger partial charge in [-0.1, -0.05) is 44.1 Å². The molecule has 0 aliphatic heterocycles. The number of benzene rings is 1. The number of pyridine rings is 1. The van der Waals surface area contributed by atoms with E-state index in [1.165, 1.54) is 30.0 Å². The quantitative estimate of drug-likeness (QED) is 0.552. The van der Waals surface area contributed by atoms with Crippen LogP contribution in [0.2, 0.25) is 5.02 Å². The third-order valence-electron chi connectivity index (χ3n) is 5.83. The molecule has 1 aliphatic rings. The van der Waals surface area contributed by atoms with Crippen molar-refractivity contribution in [1.82, 2.24) is 4.98 Å². The van der Waals surface area contributed by atoms with Crippen molar-refractivity contribution in [2.45, 2.75) is 57.2 Å². The molecule has 2 unspecified atom stereocenters. The Morgan fingerprint density at radius 2 is 2.06 bits per heavy atom. The molecule has 0 bridgehead atoms. The van der Waals surface area contributed by atoms with E-state index < -0.39 is 11.2 Å². The number of nitrogens with zero attached hydrogens (tertiary/aromatic N) is 2. The Morgan fingerprint density at radius 1 is 1.34 bits per heavy atom. The van der Waals surface area contributed by atoms with Gasteiger partial charge >= 0.3 is 5.97 Å². The maximum Gasteiger partial charge on any atom is 0.335 e. The average molecular weight is 472 g/mol. The Kier molecular flexibility index (Phi) is 7.16. The van der Waals surface area contributed by atoms with Crippen molar-refractivity contribution in [3.63, 3.8) is 0 Å². The van der Waals surface area contributed by atoms with Gasteiger partial charge in [-0.3, -0.25) is 4.79 Å². The number of fused-ring (bicyclic) bond motifs is 1. The van der Waals surface area contributed by atoms with Crippen molar-refractivity contribution in [3.05, 3.63) is 51.7 Å². The molecule has 0 spiro atoms. The maximum absolute atomic E-state index is 12.7. The highest BCUT2D eigenvalue weighted by Crippen LogP contribution is 2.38. The Bertz CT molecular complexity index is 1100. The van der Waals surface area contributed by atoms with Crippen LogP contribution >= 0.6 is 23.4 Å². The topological polar surface area (TPSA) is 103 Å². The van der Waals surface area contributed by atoms with Crippen LogP contribution in [0.25, 0.3) is 0 Å².